The molecule has 2 aromatic rings. The fraction of sp³-hybridized carbons (Fsp3) is 0.476. The summed E-state index contributed by atoms with van der Waals surface area (Å²) in [4.78, 5) is 4.73. The van der Waals surface area contributed by atoms with Gasteiger partial charge in [0.1, 0.15) is 29.1 Å². The first-order valence-electron chi connectivity index (χ1n) is 9.47. The highest BCUT2D eigenvalue weighted by Crippen LogP contribution is 2.35. The lowest BCUT2D eigenvalue weighted by atomic mass is 10.1. The van der Waals surface area contributed by atoms with Crippen molar-refractivity contribution in [3.8, 4) is 11.5 Å². The molecule has 3 rings (SSSR count). The molecule has 0 saturated carbocycles. The topological polar surface area (TPSA) is 68.0 Å². The average molecular weight is 371 g/mol. The van der Waals surface area contributed by atoms with E-state index in [2.05, 4.69) is 30.5 Å². The van der Waals surface area contributed by atoms with E-state index in [0.29, 0.717) is 6.54 Å². The van der Waals surface area contributed by atoms with Crippen LogP contribution in [-0.4, -0.2) is 25.7 Å². The third kappa shape index (κ3) is 4.56. The minimum Gasteiger partial charge on any atom is -0.496 e. The van der Waals surface area contributed by atoms with Gasteiger partial charge in [0, 0.05) is 24.1 Å². The Morgan fingerprint density at radius 2 is 2.19 bits per heavy atom. The number of guanidine groups is 1. The lowest BCUT2D eigenvalue weighted by molar-refractivity contribution is 0.254. The van der Waals surface area contributed by atoms with Crippen molar-refractivity contribution in [1.82, 2.24) is 10.6 Å². The zero-order chi connectivity index (χ0) is 19.4. The van der Waals surface area contributed by atoms with Gasteiger partial charge >= 0.3 is 0 Å². The molecule has 6 nitrogen and oxygen atoms in total. The zero-order valence-corrected chi connectivity index (χ0v) is 16.8. The van der Waals surface area contributed by atoms with Crippen molar-refractivity contribution in [1.29, 1.82) is 0 Å². The quantitative estimate of drug-likeness (QED) is 0.598. The van der Waals surface area contributed by atoms with Crippen molar-refractivity contribution < 1.29 is 13.9 Å². The lowest BCUT2D eigenvalue weighted by Gasteiger charge is -2.16. The van der Waals surface area contributed by atoms with Crippen molar-refractivity contribution in [2.45, 2.75) is 52.8 Å². The molecule has 2 atom stereocenters. The predicted octanol–water partition coefficient (Wildman–Crippen LogP) is 3.74. The Kier molecular flexibility index (Phi) is 5.94. The monoisotopic (exact) mass is 371 g/mol. The van der Waals surface area contributed by atoms with Gasteiger partial charge in [0.2, 0.25) is 0 Å². The largest absolute Gasteiger partial charge is 0.496 e. The van der Waals surface area contributed by atoms with Gasteiger partial charge in [0.15, 0.2) is 5.96 Å². The van der Waals surface area contributed by atoms with Crippen LogP contribution in [0, 0.1) is 6.92 Å². The Hall–Kier alpha value is -2.63. The zero-order valence-electron chi connectivity index (χ0n) is 16.8. The Morgan fingerprint density at radius 1 is 1.37 bits per heavy atom. The molecule has 0 amide bonds. The number of furan rings is 1. The molecule has 0 bridgehead atoms. The van der Waals surface area contributed by atoms with Crippen LogP contribution in [0.1, 0.15) is 49.5 Å². The second kappa shape index (κ2) is 8.37. The first-order valence-corrected chi connectivity index (χ1v) is 9.47. The molecular weight excluding hydrogens is 342 g/mol. The second-order valence-corrected chi connectivity index (χ2v) is 6.91. The Balaban J connectivity index is 1.76. The van der Waals surface area contributed by atoms with Gasteiger partial charge in [0.25, 0.3) is 0 Å². The first-order chi connectivity index (χ1) is 13.0. The number of benzene rings is 1. The van der Waals surface area contributed by atoms with Crippen LogP contribution in [0.5, 0.6) is 11.5 Å². The molecular formula is C21H29N3O3. The molecule has 1 aliphatic heterocycles. The van der Waals surface area contributed by atoms with Gasteiger partial charge in [0.05, 0.1) is 19.7 Å². The molecule has 2 N–H and O–H groups in total. The van der Waals surface area contributed by atoms with Crippen molar-refractivity contribution in [3.63, 3.8) is 0 Å². The van der Waals surface area contributed by atoms with Crippen LogP contribution in [0.15, 0.2) is 33.7 Å². The van der Waals surface area contributed by atoms with Crippen LogP contribution >= 0.6 is 0 Å². The number of nitrogens with one attached hydrogen (secondary N) is 2. The summed E-state index contributed by atoms with van der Waals surface area (Å²) in [6.45, 7) is 9.39. The fourth-order valence-corrected chi connectivity index (χ4v) is 3.24. The third-order valence-corrected chi connectivity index (χ3v) is 4.59. The van der Waals surface area contributed by atoms with Crippen LogP contribution < -0.4 is 20.1 Å². The van der Waals surface area contributed by atoms with Gasteiger partial charge in [-0.05, 0) is 52.0 Å². The molecule has 27 heavy (non-hydrogen) atoms. The van der Waals surface area contributed by atoms with E-state index in [4.69, 9.17) is 18.9 Å². The molecule has 1 aliphatic rings. The maximum Gasteiger partial charge on any atom is 0.192 e. The number of fused-ring (bicyclic) bond motifs is 1. The van der Waals surface area contributed by atoms with E-state index in [0.717, 1.165) is 47.5 Å². The minimum absolute atomic E-state index is 0.0163. The predicted molar refractivity (Wildman–Crippen MR) is 107 cm³/mol. The van der Waals surface area contributed by atoms with Gasteiger partial charge in [-0.15, -0.1) is 0 Å². The Labute approximate surface area is 161 Å². The van der Waals surface area contributed by atoms with Gasteiger partial charge in [-0.2, -0.15) is 0 Å². The summed E-state index contributed by atoms with van der Waals surface area (Å²) >= 11 is 0. The van der Waals surface area contributed by atoms with E-state index in [9.17, 15) is 0 Å². The Bertz CT molecular complexity index is 813. The SMILES string of the molecule is CCNC(=NCc1cc2c(cc1OC)CC(C)O2)NC(C)c1ccc(C)o1. The smallest absolute Gasteiger partial charge is 0.192 e. The van der Waals surface area contributed by atoms with E-state index in [1.54, 1.807) is 7.11 Å². The summed E-state index contributed by atoms with van der Waals surface area (Å²) in [6.07, 6.45) is 1.12. The second-order valence-electron chi connectivity index (χ2n) is 6.91. The van der Waals surface area contributed by atoms with Crippen molar-refractivity contribution in [3.05, 3.63) is 46.9 Å². The number of aryl methyl sites for hydroxylation is 1. The van der Waals surface area contributed by atoms with Gasteiger partial charge in [-0.1, -0.05) is 0 Å². The highest BCUT2D eigenvalue weighted by Gasteiger charge is 2.21. The number of hydrogen-bond acceptors (Lipinski definition) is 4. The third-order valence-electron chi connectivity index (χ3n) is 4.59. The highest BCUT2D eigenvalue weighted by atomic mass is 16.5. The molecule has 0 aliphatic carbocycles. The maximum absolute atomic E-state index is 5.88. The standard InChI is InChI=1S/C21H29N3O3/c1-6-22-21(24-15(4)18-8-7-13(2)26-18)23-12-17-11-20-16(9-14(3)27-20)10-19(17)25-5/h7-8,10-11,14-15H,6,9,12H2,1-5H3,(H2,22,23,24). The van der Waals surface area contributed by atoms with Crippen molar-refractivity contribution >= 4 is 5.96 Å². The molecule has 2 heterocycles. The fourth-order valence-electron chi connectivity index (χ4n) is 3.24. The summed E-state index contributed by atoms with van der Waals surface area (Å²) in [5.41, 5.74) is 2.20. The summed E-state index contributed by atoms with van der Waals surface area (Å²) in [6, 6.07) is 8.08. The molecule has 0 saturated heterocycles. The van der Waals surface area contributed by atoms with Crippen LogP contribution in [0.4, 0.5) is 0 Å². The molecule has 0 spiro atoms. The van der Waals surface area contributed by atoms with E-state index < -0.39 is 0 Å². The molecule has 2 unspecified atom stereocenters. The van der Waals surface area contributed by atoms with E-state index in [1.165, 1.54) is 5.56 Å². The van der Waals surface area contributed by atoms with E-state index in [1.807, 2.05) is 32.0 Å². The van der Waals surface area contributed by atoms with Crippen LogP contribution in [0.3, 0.4) is 0 Å². The summed E-state index contributed by atoms with van der Waals surface area (Å²) in [7, 11) is 1.69. The molecule has 1 aromatic carbocycles. The number of methoxy groups -OCH3 is 1. The van der Waals surface area contributed by atoms with Crippen LogP contribution in [0.25, 0.3) is 0 Å². The van der Waals surface area contributed by atoms with Gasteiger partial charge in [-0.3, -0.25) is 0 Å². The molecule has 146 valence electrons. The van der Waals surface area contributed by atoms with Gasteiger partial charge < -0.3 is 24.5 Å². The normalized spacial score (nSPS) is 17.2. The summed E-state index contributed by atoms with van der Waals surface area (Å²) < 4.78 is 17.2. The molecule has 0 fully saturated rings. The van der Waals surface area contributed by atoms with Crippen molar-refractivity contribution in [2.24, 2.45) is 4.99 Å². The lowest BCUT2D eigenvalue weighted by Crippen LogP contribution is -2.38. The van der Waals surface area contributed by atoms with E-state index in [-0.39, 0.29) is 12.1 Å². The highest BCUT2D eigenvalue weighted by molar-refractivity contribution is 5.80. The maximum atomic E-state index is 5.88. The molecule has 6 heteroatoms. The van der Waals surface area contributed by atoms with Crippen LogP contribution in [-0.2, 0) is 13.0 Å². The average Bonchev–Trinajstić information content (AvgIpc) is 3.23. The van der Waals surface area contributed by atoms with Crippen molar-refractivity contribution in [2.75, 3.05) is 13.7 Å². The Morgan fingerprint density at radius 3 is 2.85 bits per heavy atom. The summed E-state index contributed by atoms with van der Waals surface area (Å²) in [5.74, 6) is 4.30. The number of aliphatic imine (C=N–C) groups is 1. The van der Waals surface area contributed by atoms with Crippen LogP contribution in [0.2, 0.25) is 0 Å². The minimum atomic E-state index is 0.0163. The number of hydrogen-bond donors (Lipinski definition) is 2. The number of ether oxygens (including phenoxy) is 2. The number of nitrogens with zero attached hydrogens (tertiary/aromatic N) is 1. The first kappa shape index (κ1) is 19.1. The molecule has 1 aromatic heterocycles. The number of rotatable bonds is 6. The van der Waals surface area contributed by atoms with E-state index >= 15 is 0 Å². The van der Waals surface area contributed by atoms with Gasteiger partial charge in [-0.25, -0.2) is 4.99 Å². The summed E-state index contributed by atoms with van der Waals surface area (Å²) in [5, 5.41) is 6.67. The molecule has 0 radical (unpaired) electrons.